The second-order valence-electron chi connectivity index (χ2n) is 11.1. The van der Waals surface area contributed by atoms with Crippen molar-refractivity contribution >= 4 is 11.9 Å². The lowest BCUT2D eigenvalue weighted by Gasteiger charge is -2.39. The van der Waals surface area contributed by atoms with Gasteiger partial charge in [-0.2, -0.15) is 0 Å². The summed E-state index contributed by atoms with van der Waals surface area (Å²) in [6.07, 6.45) is -3.45. The van der Waals surface area contributed by atoms with Crippen molar-refractivity contribution in [1.29, 1.82) is 0 Å². The molecule has 4 aliphatic rings. The van der Waals surface area contributed by atoms with Crippen LogP contribution < -0.4 is 0 Å². The van der Waals surface area contributed by atoms with Gasteiger partial charge in [-0.1, -0.05) is 20.8 Å². The summed E-state index contributed by atoms with van der Waals surface area (Å²) in [5.41, 5.74) is -1.90. The van der Waals surface area contributed by atoms with Crippen molar-refractivity contribution in [3.05, 3.63) is 0 Å². The van der Waals surface area contributed by atoms with Crippen LogP contribution in [0.1, 0.15) is 62.3 Å². The van der Waals surface area contributed by atoms with E-state index >= 15 is 0 Å². The highest BCUT2D eigenvalue weighted by atomic mass is 17.0. The number of ether oxygens (including phenoxy) is 6. The molecule has 4 saturated heterocycles. The van der Waals surface area contributed by atoms with E-state index in [1.54, 1.807) is 41.5 Å². The minimum absolute atomic E-state index is 0.0612. The van der Waals surface area contributed by atoms with Crippen molar-refractivity contribution in [2.45, 2.75) is 99.0 Å². The van der Waals surface area contributed by atoms with Crippen molar-refractivity contribution in [3.8, 4) is 0 Å². The first-order valence-corrected chi connectivity index (χ1v) is 10.1. The molecule has 166 valence electrons. The van der Waals surface area contributed by atoms with E-state index in [2.05, 4.69) is 0 Å². The first kappa shape index (κ1) is 22.5. The van der Waals surface area contributed by atoms with Crippen LogP contribution in [0, 0.1) is 16.2 Å². The minimum Gasteiger partial charge on any atom is -0.462 e. The lowest BCUT2D eigenvalue weighted by Crippen LogP contribution is -2.50. The van der Waals surface area contributed by atoms with E-state index in [4.69, 9.17) is 28.4 Å². The summed E-state index contributed by atoms with van der Waals surface area (Å²) in [4.78, 5) is 24.9. The Kier molecular flexibility index (Phi) is 5.35. The van der Waals surface area contributed by atoms with Gasteiger partial charge in [0.2, 0.25) is 0 Å². The summed E-state index contributed by atoms with van der Waals surface area (Å²) in [7, 11) is 0. The molecule has 0 aromatic rings. The molecule has 4 heterocycles. The molecule has 0 aromatic carbocycles. The van der Waals surface area contributed by atoms with Crippen LogP contribution in [0.25, 0.3) is 0 Å². The zero-order valence-electron chi connectivity index (χ0n) is 18.9. The van der Waals surface area contributed by atoms with Gasteiger partial charge in [0.05, 0.1) is 10.8 Å². The molecule has 0 aliphatic carbocycles. The van der Waals surface area contributed by atoms with Gasteiger partial charge in [-0.05, 0) is 41.5 Å². The smallest absolute Gasteiger partial charge is 0.311 e. The van der Waals surface area contributed by atoms with Crippen LogP contribution in [0.5, 0.6) is 0 Å². The van der Waals surface area contributed by atoms with Gasteiger partial charge in [0.1, 0.15) is 18.8 Å². The standard InChI is InChI=1S/C21H34O8/c1-18(2,3)16(22)24-10-11-12-13(26-17(23)19(4,5)6)14-15(25-12)29-21(27-11,28-14)20(7,8)9/h11-15H,10H2,1-9H3/t11-,12+,13+,14-,15-,21+/m1/s1. The van der Waals surface area contributed by atoms with E-state index in [1.807, 2.05) is 20.8 Å². The molecule has 0 unspecified atom stereocenters. The minimum atomic E-state index is -1.39. The first-order valence-electron chi connectivity index (χ1n) is 10.1. The van der Waals surface area contributed by atoms with Crippen molar-refractivity contribution in [2.75, 3.05) is 6.61 Å². The fourth-order valence-electron chi connectivity index (χ4n) is 3.32. The van der Waals surface area contributed by atoms with Crippen LogP contribution in [0.3, 0.4) is 0 Å². The number of hydrogen-bond acceptors (Lipinski definition) is 8. The number of rotatable bonds is 3. The number of fused-ring (bicyclic) bond motifs is 1. The molecular weight excluding hydrogens is 380 g/mol. The van der Waals surface area contributed by atoms with E-state index in [9.17, 15) is 9.59 Å². The molecule has 6 atom stereocenters. The highest BCUT2D eigenvalue weighted by Gasteiger charge is 2.69. The predicted molar refractivity (Wildman–Crippen MR) is 101 cm³/mol. The molecule has 0 aromatic heterocycles. The van der Waals surface area contributed by atoms with Crippen LogP contribution >= 0.6 is 0 Å². The molecule has 0 spiro atoms. The summed E-state index contributed by atoms with van der Waals surface area (Å²) in [5.74, 6) is -2.12. The Morgan fingerprint density at radius 3 is 1.93 bits per heavy atom. The molecule has 8 heteroatoms. The first-order chi connectivity index (χ1) is 13.1. The molecule has 29 heavy (non-hydrogen) atoms. The highest BCUT2D eigenvalue weighted by Crippen LogP contribution is 2.52. The molecular formula is C21H34O8. The fraction of sp³-hybridized carbons (Fsp3) is 0.905. The normalized spacial score (nSPS) is 36.8. The Morgan fingerprint density at radius 1 is 0.828 bits per heavy atom. The maximum absolute atomic E-state index is 12.6. The van der Waals surface area contributed by atoms with Crippen LogP contribution in [-0.4, -0.2) is 55.2 Å². The topological polar surface area (TPSA) is 89.5 Å². The Labute approximate surface area is 172 Å². The van der Waals surface area contributed by atoms with Gasteiger partial charge >= 0.3 is 11.9 Å². The van der Waals surface area contributed by atoms with Crippen LogP contribution in [0.15, 0.2) is 0 Å². The van der Waals surface area contributed by atoms with Crippen molar-refractivity contribution < 1.29 is 38.0 Å². The molecule has 4 bridgehead atoms. The van der Waals surface area contributed by atoms with Crippen molar-refractivity contribution in [3.63, 3.8) is 0 Å². The third kappa shape index (κ3) is 4.04. The number of hydrogen-bond donors (Lipinski definition) is 0. The lowest BCUT2D eigenvalue weighted by molar-refractivity contribution is -0.395. The molecule has 0 saturated carbocycles. The fourth-order valence-corrected chi connectivity index (χ4v) is 3.32. The molecule has 4 aliphatic heterocycles. The summed E-state index contributed by atoms with van der Waals surface area (Å²) in [6.45, 7) is 16.4. The van der Waals surface area contributed by atoms with Gasteiger partial charge in [-0.15, -0.1) is 0 Å². The second-order valence-corrected chi connectivity index (χ2v) is 11.1. The van der Waals surface area contributed by atoms with Gasteiger partial charge in [-0.3, -0.25) is 14.3 Å². The van der Waals surface area contributed by atoms with Crippen LogP contribution in [0.4, 0.5) is 0 Å². The average molecular weight is 414 g/mol. The van der Waals surface area contributed by atoms with E-state index < -0.39 is 52.9 Å². The highest BCUT2D eigenvalue weighted by molar-refractivity contribution is 5.76. The van der Waals surface area contributed by atoms with Gasteiger partial charge in [0, 0.05) is 5.41 Å². The zero-order chi connectivity index (χ0) is 22.0. The average Bonchev–Trinajstić information content (AvgIpc) is 2.93. The Bertz CT molecular complexity index is 668. The van der Waals surface area contributed by atoms with Crippen molar-refractivity contribution in [2.24, 2.45) is 16.2 Å². The lowest BCUT2D eigenvalue weighted by atomic mass is 9.93. The number of carbonyl (C=O) groups excluding carboxylic acids is 2. The number of carbonyl (C=O) groups is 2. The second kappa shape index (κ2) is 6.90. The zero-order valence-corrected chi connectivity index (χ0v) is 18.9. The van der Waals surface area contributed by atoms with Crippen LogP contribution in [-0.2, 0) is 38.0 Å². The maximum Gasteiger partial charge on any atom is 0.311 e. The Hall–Kier alpha value is -1.22. The third-order valence-electron chi connectivity index (χ3n) is 5.21. The molecule has 0 N–H and O–H groups in total. The van der Waals surface area contributed by atoms with Gasteiger partial charge in [-0.25, -0.2) is 0 Å². The maximum atomic E-state index is 12.6. The molecule has 4 fully saturated rings. The van der Waals surface area contributed by atoms with E-state index in [0.717, 1.165) is 0 Å². The largest absolute Gasteiger partial charge is 0.462 e. The SMILES string of the molecule is CC(C)(C)C(=O)OC[C@H]1O[C@]2(C(C)(C)C)O[C@H]3O[C@@H]1[C@H](OC(=O)C(C)(C)C)[C@H]3O2. The quantitative estimate of drug-likeness (QED) is 0.652. The van der Waals surface area contributed by atoms with Gasteiger partial charge < -0.3 is 23.7 Å². The third-order valence-corrected chi connectivity index (χ3v) is 5.21. The van der Waals surface area contributed by atoms with Crippen molar-refractivity contribution in [1.82, 2.24) is 0 Å². The summed E-state index contributed by atoms with van der Waals surface area (Å²) in [6, 6.07) is 0. The van der Waals surface area contributed by atoms with Gasteiger partial charge in [0.15, 0.2) is 18.5 Å². The molecule has 8 nitrogen and oxygen atoms in total. The van der Waals surface area contributed by atoms with E-state index in [-0.39, 0.29) is 18.5 Å². The number of esters is 2. The molecule has 0 radical (unpaired) electrons. The summed E-state index contributed by atoms with van der Waals surface area (Å²) >= 11 is 0. The summed E-state index contributed by atoms with van der Waals surface area (Å²) < 4.78 is 35.7. The van der Waals surface area contributed by atoms with Crippen LogP contribution in [0.2, 0.25) is 0 Å². The summed E-state index contributed by atoms with van der Waals surface area (Å²) in [5, 5.41) is 0. The Morgan fingerprint density at radius 2 is 1.41 bits per heavy atom. The van der Waals surface area contributed by atoms with E-state index in [1.165, 1.54) is 0 Å². The predicted octanol–water partition coefficient (Wildman–Crippen LogP) is 2.77. The molecule has 0 amide bonds. The monoisotopic (exact) mass is 414 g/mol. The van der Waals surface area contributed by atoms with Gasteiger partial charge in [0.25, 0.3) is 5.97 Å². The Balaban J connectivity index is 1.87. The van der Waals surface area contributed by atoms with E-state index in [0.29, 0.717) is 0 Å². The molecule has 4 rings (SSSR count).